The molecule has 1 amide bonds. The van der Waals surface area contributed by atoms with Crippen LogP contribution in [0.2, 0.25) is 0 Å². The third-order valence-corrected chi connectivity index (χ3v) is 6.12. The summed E-state index contributed by atoms with van der Waals surface area (Å²) in [5.41, 5.74) is 0. The van der Waals surface area contributed by atoms with Crippen molar-refractivity contribution >= 4 is 31.9 Å². The van der Waals surface area contributed by atoms with Crippen LogP contribution in [-0.2, 0) is 10.0 Å². The second-order valence-electron chi connectivity index (χ2n) is 5.23. The first kappa shape index (κ1) is 17.1. The summed E-state index contributed by atoms with van der Waals surface area (Å²) >= 11 is 3.13. The topological polar surface area (TPSA) is 70.8 Å². The lowest BCUT2D eigenvalue weighted by molar-refractivity contribution is 0.0664. The zero-order valence-electron chi connectivity index (χ0n) is 12.5. The first-order valence-corrected chi connectivity index (χ1v) is 9.42. The molecule has 0 unspecified atom stereocenters. The minimum absolute atomic E-state index is 0.101. The SMILES string of the molecule is O=C(c1ccc(Br)o1)N1CCN(S(=O)(=O)c2ccccc2F)CC1. The number of hydrogen-bond acceptors (Lipinski definition) is 4. The van der Waals surface area contributed by atoms with Gasteiger partial charge in [-0.15, -0.1) is 0 Å². The van der Waals surface area contributed by atoms with Crippen molar-refractivity contribution in [1.82, 2.24) is 9.21 Å². The van der Waals surface area contributed by atoms with E-state index in [4.69, 9.17) is 4.42 Å². The van der Waals surface area contributed by atoms with Crippen LogP contribution in [0.5, 0.6) is 0 Å². The number of halogens is 2. The molecule has 2 heterocycles. The summed E-state index contributed by atoms with van der Waals surface area (Å²) < 4.78 is 45.7. The molecule has 2 aromatic rings. The maximum atomic E-state index is 13.8. The third-order valence-electron chi connectivity index (χ3n) is 3.76. The normalized spacial score (nSPS) is 16.3. The number of furan rings is 1. The fourth-order valence-corrected chi connectivity index (χ4v) is 4.30. The molecule has 1 aromatic carbocycles. The number of piperazine rings is 1. The van der Waals surface area contributed by atoms with E-state index >= 15 is 0 Å². The Morgan fingerprint density at radius 3 is 2.33 bits per heavy atom. The molecule has 128 valence electrons. The Labute approximate surface area is 147 Å². The molecule has 1 fully saturated rings. The largest absolute Gasteiger partial charge is 0.444 e. The number of carbonyl (C=O) groups is 1. The molecule has 1 saturated heterocycles. The predicted octanol–water partition coefficient (Wildman–Crippen LogP) is 2.33. The molecule has 1 aromatic heterocycles. The van der Waals surface area contributed by atoms with Gasteiger partial charge in [-0.25, -0.2) is 12.8 Å². The van der Waals surface area contributed by atoms with Crippen LogP contribution in [0, 0.1) is 5.82 Å². The van der Waals surface area contributed by atoms with E-state index in [9.17, 15) is 17.6 Å². The minimum atomic E-state index is -3.91. The lowest BCUT2D eigenvalue weighted by atomic mass is 10.3. The first-order chi connectivity index (χ1) is 11.4. The molecular formula is C15H14BrFN2O4S. The summed E-state index contributed by atoms with van der Waals surface area (Å²) in [4.78, 5) is 13.4. The molecule has 3 rings (SSSR count). The zero-order valence-corrected chi connectivity index (χ0v) is 14.9. The van der Waals surface area contributed by atoms with Crippen molar-refractivity contribution in [3.05, 3.63) is 52.6 Å². The van der Waals surface area contributed by atoms with Crippen molar-refractivity contribution in [3.63, 3.8) is 0 Å². The van der Waals surface area contributed by atoms with Gasteiger partial charge < -0.3 is 9.32 Å². The summed E-state index contributed by atoms with van der Waals surface area (Å²) in [5, 5.41) is 0. The van der Waals surface area contributed by atoms with E-state index in [1.54, 1.807) is 12.1 Å². The molecule has 1 aliphatic rings. The van der Waals surface area contributed by atoms with Crippen molar-refractivity contribution in [2.45, 2.75) is 4.90 Å². The number of carbonyl (C=O) groups excluding carboxylic acids is 1. The van der Waals surface area contributed by atoms with Crippen LogP contribution < -0.4 is 0 Å². The van der Waals surface area contributed by atoms with Crippen LogP contribution >= 0.6 is 15.9 Å². The molecule has 0 bridgehead atoms. The molecule has 0 saturated carbocycles. The highest BCUT2D eigenvalue weighted by Crippen LogP contribution is 2.21. The smallest absolute Gasteiger partial charge is 0.289 e. The molecule has 0 atom stereocenters. The predicted molar refractivity (Wildman–Crippen MR) is 87.5 cm³/mol. The van der Waals surface area contributed by atoms with E-state index in [0.29, 0.717) is 4.67 Å². The van der Waals surface area contributed by atoms with Gasteiger partial charge in [-0.05, 0) is 40.2 Å². The molecule has 0 aliphatic carbocycles. The second-order valence-corrected chi connectivity index (χ2v) is 7.92. The van der Waals surface area contributed by atoms with Gasteiger partial charge in [0.2, 0.25) is 10.0 Å². The van der Waals surface area contributed by atoms with Crippen LogP contribution in [0.25, 0.3) is 0 Å². The van der Waals surface area contributed by atoms with Crippen molar-refractivity contribution in [2.75, 3.05) is 26.2 Å². The number of amides is 1. The molecule has 0 N–H and O–H groups in total. The third kappa shape index (κ3) is 3.24. The van der Waals surface area contributed by atoms with Gasteiger partial charge in [-0.2, -0.15) is 4.31 Å². The maximum absolute atomic E-state index is 13.8. The molecule has 0 radical (unpaired) electrons. The van der Waals surface area contributed by atoms with Gasteiger partial charge in [0.05, 0.1) is 0 Å². The lowest BCUT2D eigenvalue weighted by Gasteiger charge is -2.33. The minimum Gasteiger partial charge on any atom is -0.444 e. The number of benzene rings is 1. The highest BCUT2D eigenvalue weighted by atomic mass is 79.9. The van der Waals surface area contributed by atoms with E-state index < -0.39 is 15.8 Å². The summed E-state index contributed by atoms with van der Waals surface area (Å²) in [6.45, 7) is 0.629. The zero-order chi connectivity index (χ0) is 17.3. The first-order valence-electron chi connectivity index (χ1n) is 7.19. The van der Waals surface area contributed by atoms with E-state index in [0.717, 1.165) is 6.07 Å². The van der Waals surface area contributed by atoms with Crippen LogP contribution in [0.4, 0.5) is 4.39 Å². The molecule has 9 heteroatoms. The van der Waals surface area contributed by atoms with Crippen molar-refractivity contribution < 1.29 is 22.0 Å². The highest BCUT2D eigenvalue weighted by molar-refractivity contribution is 9.10. The van der Waals surface area contributed by atoms with E-state index in [1.807, 2.05) is 0 Å². The lowest BCUT2D eigenvalue weighted by Crippen LogP contribution is -2.50. The fraction of sp³-hybridized carbons (Fsp3) is 0.267. The van der Waals surface area contributed by atoms with Gasteiger partial charge in [0.25, 0.3) is 5.91 Å². The fourth-order valence-electron chi connectivity index (χ4n) is 2.51. The van der Waals surface area contributed by atoms with Crippen molar-refractivity contribution in [1.29, 1.82) is 0 Å². The van der Waals surface area contributed by atoms with Crippen LogP contribution in [0.3, 0.4) is 0 Å². The Morgan fingerprint density at radius 2 is 1.75 bits per heavy atom. The Balaban J connectivity index is 1.71. The molecule has 1 aliphatic heterocycles. The summed E-state index contributed by atoms with van der Waals surface area (Å²) in [6, 6.07) is 8.43. The Hall–Kier alpha value is -1.71. The van der Waals surface area contributed by atoms with Gasteiger partial charge in [0.15, 0.2) is 10.4 Å². The molecule has 6 nitrogen and oxygen atoms in total. The van der Waals surface area contributed by atoms with Gasteiger partial charge in [-0.3, -0.25) is 4.79 Å². The van der Waals surface area contributed by atoms with Crippen molar-refractivity contribution in [3.8, 4) is 0 Å². The average molecular weight is 417 g/mol. The van der Waals surface area contributed by atoms with Crippen LogP contribution in [-0.4, -0.2) is 49.7 Å². The Bertz CT molecular complexity index is 860. The number of sulfonamides is 1. The average Bonchev–Trinajstić information content (AvgIpc) is 3.01. The Kier molecular flexibility index (Phi) is 4.75. The van der Waals surface area contributed by atoms with E-state index in [-0.39, 0.29) is 42.7 Å². The van der Waals surface area contributed by atoms with Gasteiger partial charge in [0, 0.05) is 26.2 Å². The number of rotatable bonds is 3. The van der Waals surface area contributed by atoms with Crippen LogP contribution in [0.15, 0.2) is 50.4 Å². The van der Waals surface area contributed by atoms with Gasteiger partial charge >= 0.3 is 0 Å². The number of nitrogens with zero attached hydrogens (tertiary/aromatic N) is 2. The van der Waals surface area contributed by atoms with Crippen molar-refractivity contribution in [2.24, 2.45) is 0 Å². The molecule has 24 heavy (non-hydrogen) atoms. The number of hydrogen-bond donors (Lipinski definition) is 0. The monoisotopic (exact) mass is 416 g/mol. The van der Waals surface area contributed by atoms with Gasteiger partial charge in [-0.1, -0.05) is 12.1 Å². The van der Waals surface area contributed by atoms with E-state index in [2.05, 4.69) is 15.9 Å². The standard InChI is InChI=1S/C15H14BrFN2O4S/c16-14-6-5-12(23-14)15(20)18-7-9-19(10-8-18)24(21,22)13-4-2-1-3-11(13)17/h1-6H,7-10H2. The van der Waals surface area contributed by atoms with Crippen LogP contribution in [0.1, 0.15) is 10.6 Å². The molecular weight excluding hydrogens is 403 g/mol. The Morgan fingerprint density at radius 1 is 1.08 bits per heavy atom. The summed E-state index contributed by atoms with van der Waals surface area (Å²) in [7, 11) is -3.91. The quantitative estimate of drug-likeness (QED) is 0.769. The molecule has 0 spiro atoms. The second kappa shape index (κ2) is 6.66. The summed E-state index contributed by atoms with van der Waals surface area (Å²) in [5.74, 6) is -0.896. The van der Waals surface area contributed by atoms with E-state index in [1.165, 1.54) is 27.4 Å². The highest BCUT2D eigenvalue weighted by Gasteiger charge is 2.32. The van der Waals surface area contributed by atoms with Gasteiger partial charge in [0.1, 0.15) is 10.7 Å². The summed E-state index contributed by atoms with van der Waals surface area (Å²) in [6.07, 6.45) is 0. The maximum Gasteiger partial charge on any atom is 0.289 e.